The number of aryl methyl sites for hydroxylation is 2. The van der Waals surface area contributed by atoms with Gasteiger partial charge in [-0.15, -0.1) is 0 Å². The average Bonchev–Trinajstić information content (AvgIpc) is 2.26. The molecule has 2 rings (SSSR count). The third-order valence-corrected chi connectivity index (χ3v) is 3.77. The SMILES string of the molecule is Cc1cc(N2CCCCCCC2)c(C(=N)N)c(C)n1. The van der Waals surface area contributed by atoms with Gasteiger partial charge in [0.15, 0.2) is 0 Å². The number of aromatic nitrogens is 1. The van der Waals surface area contributed by atoms with Crippen LogP contribution < -0.4 is 10.6 Å². The minimum absolute atomic E-state index is 0.127. The molecule has 19 heavy (non-hydrogen) atoms. The molecule has 1 aliphatic heterocycles. The van der Waals surface area contributed by atoms with E-state index < -0.39 is 0 Å². The van der Waals surface area contributed by atoms with Gasteiger partial charge in [-0.2, -0.15) is 0 Å². The Morgan fingerprint density at radius 3 is 2.32 bits per heavy atom. The summed E-state index contributed by atoms with van der Waals surface area (Å²) in [5.41, 5.74) is 9.53. The van der Waals surface area contributed by atoms with Crippen LogP contribution in [0.2, 0.25) is 0 Å². The standard InChI is InChI=1S/C15H24N4/c1-11-10-13(14(15(16)17)12(2)18-11)19-8-6-4-3-5-7-9-19/h10H,3-9H2,1-2H3,(H3,16,17). The molecule has 104 valence electrons. The van der Waals surface area contributed by atoms with E-state index >= 15 is 0 Å². The van der Waals surface area contributed by atoms with Gasteiger partial charge in [0.05, 0.1) is 16.9 Å². The monoisotopic (exact) mass is 260 g/mol. The third-order valence-electron chi connectivity index (χ3n) is 3.77. The molecule has 1 saturated heterocycles. The van der Waals surface area contributed by atoms with Crippen molar-refractivity contribution in [2.45, 2.75) is 46.0 Å². The highest BCUT2D eigenvalue weighted by molar-refractivity contribution is 6.01. The number of pyridine rings is 1. The van der Waals surface area contributed by atoms with Gasteiger partial charge in [0.1, 0.15) is 5.84 Å². The Labute approximate surface area is 115 Å². The molecular weight excluding hydrogens is 236 g/mol. The molecule has 1 aliphatic rings. The van der Waals surface area contributed by atoms with Crippen molar-refractivity contribution in [3.05, 3.63) is 23.0 Å². The summed E-state index contributed by atoms with van der Waals surface area (Å²) in [5, 5.41) is 7.82. The van der Waals surface area contributed by atoms with Crippen molar-refractivity contribution in [1.82, 2.24) is 4.98 Å². The van der Waals surface area contributed by atoms with E-state index in [1.54, 1.807) is 0 Å². The predicted molar refractivity (Wildman–Crippen MR) is 80.0 cm³/mol. The van der Waals surface area contributed by atoms with Gasteiger partial charge >= 0.3 is 0 Å². The van der Waals surface area contributed by atoms with Gasteiger partial charge in [0.2, 0.25) is 0 Å². The first-order valence-electron chi connectivity index (χ1n) is 7.17. The molecular formula is C15H24N4. The topological polar surface area (TPSA) is 66.0 Å². The van der Waals surface area contributed by atoms with Crippen LogP contribution in [0.3, 0.4) is 0 Å². The Kier molecular flexibility index (Phi) is 4.40. The first kappa shape index (κ1) is 13.8. The molecule has 0 bridgehead atoms. The first-order valence-corrected chi connectivity index (χ1v) is 7.17. The maximum Gasteiger partial charge on any atom is 0.126 e. The number of rotatable bonds is 2. The van der Waals surface area contributed by atoms with Crippen molar-refractivity contribution < 1.29 is 0 Å². The van der Waals surface area contributed by atoms with Crippen LogP contribution in [0.15, 0.2) is 6.07 Å². The summed E-state index contributed by atoms with van der Waals surface area (Å²) in [4.78, 5) is 6.83. The molecule has 0 unspecified atom stereocenters. The summed E-state index contributed by atoms with van der Waals surface area (Å²) >= 11 is 0. The molecule has 0 spiro atoms. The minimum atomic E-state index is 0.127. The molecule has 3 N–H and O–H groups in total. The van der Waals surface area contributed by atoms with Crippen LogP contribution in [0.1, 0.15) is 49.1 Å². The summed E-state index contributed by atoms with van der Waals surface area (Å²) in [5.74, 6) is 0.127. The zero-order chi connectivity index (χ0) is 13.8. The molecule has 4 nitrogen and oxygen atoms in total. The Morgan fingerprint density at radius 1 is 1.16 bits per heavy atom. The highest BCUT2D eigenvalue weighted by atomic mass is 15.1. The van der Waals surface area contributed by atoms with Crippen LogP contribution in [-0.2, 0) is 0 Å². The molecule has 2 heterocycles. The molecule has 0 radical (unpaired) electrons. The van der Waals surface area contributed by atoms with E-state index in [4.69, 9.17) is 11.1 Å². The number of hydrogen-bond donors (Lipinski definition) is 2. The van der Waals surface area contributed by atoms with Crippen molar-refractivity contribution in [3.63, 3.8) is 0 Å². The van der Waals surface area contributed by atoms with Crippen LogP contribution in [0.5, 0.6) is 0 Å². The highest BCUT2D eigenvalue weighted by Crippen LogP contribution is 2.26. The molecule has 1 fully saturated rings. The largest absolute Gasteiger partial charge is 0.384 e. The maximum atomic E-state index is 7.82. The van der Waals surface area contributed by atoms with Crippen LogP contribution in [0.4, 0.5) is 5.69 Å². The first-order chi connectivity index (χ1) is 9.09. The fourth-order valence-corrected chi connectivity index (χ4v) is 2.88. The number of nitrogens with one attached hydrogen (secondary N) is 1. The van der Waals surface area contributed by atoms with E-state index in [0.717, 1.165) is 35.7 Å². The molecule has 0 saturated carbocycles. The van der Waals surface area contributed by atoms with Crippen LogP contribution >= 0.6 is 0 Å². The number of anilines is 1. The number of amidine groups is 1. The zero-order valence-electron chi connectivity index (χ0n) is 12.0. The molecule has 4 heteroatoms. The van der Waals surface area contributed by atoms with E-state index in [2.05, 4.69) is 16.0 Å². The Hall–Kier alpha value is -1.58. The van der Waals surface area contributed by atoms with E-state index in [1.165, 1.54) is 32.1 Å². The quantitative estimate of drug-likeness (QED) is 0.634. The van der Waals surface area contributed by atoms with Gasteiger partial charge in [-0.25, -0.2) is 0 Å². The highest BCUT2D eigenvalue weighted by Gasteiger charge is 2.17. The molecule has 0 aliphatic carbocycles. The normalized spacial score (nSPS) is 16.8. The van der Waals surface area contributed by atoms with Gasteiger partial charge in [-0.05, 0) is 32.8 Å². The molecule has 0 aromatic carbocycles. The summed E-state index contributed by atoms with van der Waals surface area (Å²) in [7, 11) is 0. The zero-order valence-corrected chi connectivity index (χ0v) is 12.0. The van der Waals surface area contributed by atoms with Gasteiger partial charge in [0.25, 0.3) is 0 Å². The Balaban J connectivity index is 2.38. The molecule has 0 atom stereocenters. The number of nitrogens with two attached hydrogens (primary N) is 1. The lowest BCUT2D eigenvalue weighted by molar-refractivity contribution is 0.556. The van der Waals surface area contributed by atoms with E-state index in [-0.39, 0.29) is 5.84 Å². The lowest BCUT2D eigenvalue weighted by Crippen LogP contribution is -2.30. The number of nitrogen functional groups attached to an aromatic ring is 1. The van der Waals surface area contributed by atoms with Gasteiger partial charge < -0.3 is 10.6 Å². The smallest absolute Gasteiger partial charge is 0.126 e. The van der Waals surface area contributed by atoms with E-state index in [1.807, 2.05) is 13.8 Å². The van der Waals surface area contributed by atoms with E-state index in [9.17, 15) is 0 Å². The lowest BCUT2D eigenvalue weighted by atomic mass is 10.0. The van der Waals surface area contributed by atoms with Crippen LogP contribution in [0, 0.1) is 19.3 Å². The third kappa shape index (κ3) is 3.25. The van der Waals surface area contributed by atoms with Crippen molar-refractivity contribution in [3.8, 4) is 0 Å². The van der Waals surface area contributed by atoms with Crippen LogP contribution in [0.25, 0.3) is 0 Å². The molecule has 1 aromatic rings. The summed E-state index contributed by atoms with van der Waals surface area (Å²) in [6.07, 6.45) is 6.39. The minimum Gasteiger partial charge on any atom is -0.384 e. The number of hydrogen-bond acceptors (Lipinski definition) is 3. The summed E-state index contributed by atoms with van der Waals surface area (Å²) in [6, 6.07) is 2.07. The maximum absolute atomic E-state index is 7.82. The Bertz CT molecular complexity index is 459. The van der Waals surface area contributed by atoms with Crippen molar-refractivity contribution in [2.24, 2.45) is 5.73 Å². The van der Waals surface area contributed by atoms with Crippen molar-refractivity contribution >= 4 is 11.5 Å². The number of nitrogens with zero attached hydrogens (tertiary/aromatic N) is 2. The van der Waals surface area contributed by atoms with Gasteiger partial charge in [0, 0.05) is 18.8 Å². The fraction of sp³-hybridized carbons (Fsp3) is 0.600. The molecule has 0 amide bonds. The average molecular weight is 260 g/mol. The van der Waals surface area contributed by atoms with Gasteiger partial charge in [-0.1, -0.05) is 19.3 Å². The second-order valence-electron chi connectivity index (χ2n) is 5.41. The summed E-state index contributed by atoms with van der Waals surface area (Å²) < 4.78 is 0. The second-order valence-corrected chi connectivity index (χ2v) is 5.41. The van der Waals surface area contributed by atoms with Gasteiger partial charge in [-0.3, -0.25) is 10.4 Å². The van der Waals surface area contributed by atoms with Crippen molar-refractivity contribution in [1.29, 1.82) is 5.41 Å². The fourth-order valence-electron chi connectivity index (χ4n) is 2.88. The predicted octanol–water partition coefficient (Wildman–Crippen LogP) is 2.75. The second kappa shape index (κ2) is 6.04. The summed E-state index contributed by atoms with van der Waals surface area (Å²) in [6.45, 7) is 6.06. The molecule has 1 aromatic heterocycles. The van der Waals surface area contributed by atoms with Crippen LogP contribution in [-0.4, -0.2) is 23.9 Å². The van der Waals surface area contributed by atoms with Crippen molar-refractivity contribution in [2.75, 3.05) is 18.0 Å². The Morgan fingerprint density at radius 2 is 1.74 bits per heavy atom. The lowest BCUT2D eigenvalue weighted by Gasteiger charge is -2.29. The van der Waals surface area contributed by atoms with E-state index in [0.29, 0.717) is 0 Å².